The Morgan fingerprint density at radius 1 is 1.10 bits per heavy atom. The van der Waals surface area contributed by atoms with Crippen LogP contribution in [0.3, 0.4) is 0 Å². The number of hydrogen-bond donors (Lipinski definition) is 2. The lowest BCUT2D eigenvalue weighted by Crippen LogP contribution is -2.15. The van der Waals surface area contributed by atoms with Crippen LogP contribution in [0.5, 0.6) is 0 Å². The maximum Gasteiger partial charge on any atom is 0.233 e. The monoisotopic (exact) mass is 272 g/mol. The van der Waals surface area contributed by atoms with E-state index in [1.807, 2.05) is 26.2 Å². The van der Waals surface area contributed by atoms with Crippen molar-refractivity contribution in [3.63, 3.8) is 0 Å². The first-order chi connectivity index (χ1) is 9.58. The van der Waals surface area contributed by atoms with Gasteiger partial charge in [-0.25, -0.2) is 0 Å². The molecule has 0 saturated carbocycles. The van der Waals surface area contributed by atoms with Crippen molar-refractivity contribution in [2.75, 3.05) is 30.0 Å². The first-order valence-corrected chi connectivity index (χ1v) is 6.63. The zero-order valence-electron chi connectivity index (χ0n) is 12.1. The molecule has 106 valence electrons. The Morgan fingerprint density at radius 3 is 2.40 bits per heavy atom. The normalized spacial score (nSPS) is 10.3. The average Bonchev–Trinajstić information content (AvgIpc) is 2.40. The SMILES string of the molecule is CCCc1ccc(Nc2nc(N)nc(N(C)C)n2)cc1. The van der Waals surface area contributed by atoms with Gasteiger partial charge in [-0.3, -0.25) is 0 Å². The summed E-state index contributed by atoms with van der Waals surface area (Å²) in [6, 6.07) is 8.23. The standard InChI is InChI=1S/C14H20N6/c1-4-5-10-6-8-11(9-7-10)16-13-17-12(15)18-14(19-13)20(2)3/h6-9H,4-5H2,1-3H3,(H3,15,16,17,18,19). The number of nitrogens with zero attached hydrogens (tertiary/aromatic N) is 4. The van der Waals surface area contributed by atoms with Gasteiger partial charge in [0, 0.05) is 19.8 Å². The number of hydrogen-bond acceptors (Lipinski definition) is 6. The van der Waals surface area contributed by atoms with E-state index in [1.165, 1.54) is 5.56 Å². The minimum atomic E-state index is 0.203. The molecule has 2 aromatic rings. The second-order valence-electron chi connectivity index (χ2n) is 4.78. The lowest BCUT2D eigenvalue weighted by atomic mass is 10.1. The van der Waals surface area contributed by atoms with E-state index in [1.54, 1.807) is 4.90 Å². The maximum absolute atomic E-state index is 5.69. The third-order valence-electron chi connectivity index (χ3n) is 2.79. The van der Waals surface area contributed by atoms with Crippen LogP contribution in [-0.4, -0.2) is 29.0 Å². The minimum absolute atomic E-state index is 0.203. The minimum Gasteiger partial charge on any atom is -0.368 e. The van der Waals surface area contributed by atoms with E-state index in [-0.39, 0.29) is 5.95 Å². The summed E-state index contributed by atoms with van der Waals surface area (Å²) < 4.78 is 0. The molecule has 0 unspecified atom stereocenters. The summed E-state index contributed by atoms with van der Waals surface area (Å²) in [5.74, 6) is 1.18. The predicted octanol–water partition coefficient (Wildman–Crippen LogP) is 2.22. The molecule has 0 spiro atoms. The zero-order valence-corrected chi connectivity index (χ0v) is 12.1. The molecule has 0 amide bonds. The van der Waals surface area contributed by atoms with Crippen LogP contribution in [0, 0.1) is 0 Å². The second-order valence-corrected chi connectivity index (χ2v) is 4.78. The molecular weight excluding hydrogens is 252 g/mol. The van der Waals surface area contributed by atoms with Gasteiger partial charge in [-0.15, -0.1) is 0 Å². The highest BCUT2D eigenvalue weighted by molar-refractivity contribution is 5.55. The van der Waals surface area contributed by atoms with Gasteiger partial charge in [-0.1, -0.05) is 25.5 Å². The number of rotatable bonds is 5. The number of aryl methyl sites for hydroxylation is 1. The van der Waals surface area contributed by atoms with Gasteiger partial charge in [0.25, 0.3) is 0 Å². The Hall–Kier alpha value is -2.37. The second kappa shape index (κ2) is 6.18. The summed E-state index contributed by atoms with van der Waals surface area (Å²) in [4.78, 5) is 14.2. The largest absolute Gasteiger partial charge is 0.368 e. The van der Waals surface area contributed by atoms with Gasteiger partial charge in [0.05, 0.1) is 0 Å². The van der Waals surface area contributed by atoms with Crippen LogP contribution >= 0.6 is 0 Å². The molecule has 20 heavy (non-hydrogen) atoms. The van der Waals surface area contributed by atoms with Crippen molar-refractivity contribution in [1.29, 1.82) is 0 Å². The molecule has 0 radical (unpaired) electrons. The van der Waals surface area contributed by atoms with Gasteiger partial charge >= 0.3 is 0 Å². The van der Waals surface area contributed by atoms with Gasteiger partial charge < -0.3 is 16.0 Å². The van der Waals surface area contributed by atoms with Crippen LogP contribution in [0.25, 0.3) is 0 Å². The quantitative estimate of drug-likeness (QED) is 0.868. The summed E-state index contributed by atoms with van der Waals surface area (Å²) in [6.45, 7) is 2.17. The Morgan fingerprint density at radius 2 is 1.80 bits per heavy atom. The lowest BCUT2D eigenvalue weighted by molar-refractivity contribution is 0.922. The number of nitrogens with one attached hydrogen (secondary N) is 1. The topological polar surface area (TPSA) is 80.0 Å². The van der Waals surface area contributed by atoms with E-state index in [0.717, 1.165) is 18.5 Å². The van der Waals surface area contributed by atoms with Crippen molar-refractivity contribution in [1.82, 2.24) is 15.0 Å². The zero-order chi connectivity index (χ0) is 14.5. The molecule has 0 fully saturated rings. The maximum atomic E-state index is 5.69. The molecule has 0 saturated heterocycles. The Bertz CT molecular complexity index is 564. The highest BCUT2D eigenvalue weighted by Crippen LogP contribution is 2.17. The van der Waals surface area contributed by atoms with Crippen molar-refractivity contribution in [3.05, 3.63) is 29.8 Å². The highest BCUT2D eigenvalue weighted by Gasteiger charge is 2.06. The van der Waals surface area contributed by atoms with Gasteiger partial charge in [0.2, 0.25) is 17.8 Å². The van der Waals surface area contributed by atoms with Gasteiger partial charge in [0.15, 0.2) is 0 Å². The first-order valence-electron chi connectivity index (χ1n) is 6.63. The highest BCUT2D eigenvalue weighted by atomic mass is 15.3. The van der Waals surface area contributed by atoms with Gasteiger partial charge in [-0.2, -0.15) is 15.0 Å². The van der Waals surface area contributed by atoms with Crippen molar-refractivity contribution in [2.45, 2.75) is 19.8 Å². The van der Waals surface area contributed by atoms with Gasteiger partial charge in [-0.05, 0) is 24.1 Å². The average molecular weight is 272 g/mol. The molecule has 1 aromatic heterocycles. The van der Waals surface area contributed by atoms with Crippen LogP contribution in [0.15, 0.2) is 24.3 Å². The summed E-state index contributed by atoms with van der Waals surface area (Å²) in [6.07, 6.45) is 2.23. The molecule has 0 aliphatic rings. The molecule has 3 N–H and O–H groups in total. The van der Waals surface area contributed by atoms with E-state index in [4.69, 9.17) is 5.73 Å². The van der Waals surface area contributed by atoms with Crippen LogP contribution in [0.2, 0.25) is 0 Å². The lowest BCUT2D eigenvalue weighted by Gasteiger charge is -2.12. The number of anilines is 4. The van der Waals surface area contributed by atoms with E-state index < -0.39 is 0 Å². The number of benzene rings is 1. The third kappa shape index (κ3) is 3.57. The fourth-order valence-electron chi connectivity index (χ4n) is 1.81. The molecule has 0 bridgehead atoms. The van der Waals surface area contributed by atoms with Crippen molar-refractivity contribution < 1.29 is 0 Å². The van der Waals surface area contributed by atoms with E-state index in [0.29, 0.717) is 11.9 Å². The number of nitrogens with two attached hydrogens (primary N) is 1. The predicted molar refractivity (Wildman–Crippen MR) is 82.3 cm³/mol. The summed E-state index contributed by atoms with van der Waals surface area (Å²) in [5, 5.41) is 3.14. The van der Waals surface area contributed by atoms with Gasteiger partial charge in [0.1, 0.15) is 0 Å². The Kier molecular flexibility index (Phi) is 4.34. The van der Waals surface area contributed by atoms with Crippen LogP contribution in [0.4, 0.5) is 23.5 Å². The summed E-state index contributed by atoms with van der Waals surface area (Å²) in [7, 11) is 3.72. The van der Waals surface area contributed by atoms with Crippen molar-refractivity contribution in [2.24, 2.45) is 0 Å². The Balaban J connectivity index is 2.16. The third-order valence-corrected chi connectivity index (χ3v) is 2.79. The fourth-order valence-corrected chi connectivity index (χ4v) is 1.81. The summed E-state index contributed by atoms with van der Waals surface area (Å²) in [5.41, 5.74) is 7.94. The molecular formula is C14H20N6. The molecule has 6 nitrogen and oxygen atoms in total. The van der Waals surface area contributed by atoms with E-state index in [9.17, 15) is 0 Å². The molecule has 2 rings (SSSR count). The summed E-state index contributed by atoms with van der Waals surface area (Å²) >= 11 is 0. The van der Waals surface area contributed by atoms with Crippen molar-refractivity contribution >= 4 is 23.5 Å². The van der Waals surface area contributed by atoms with Crippen LogP contribution in [-0.2, 0) is 6.42 Å². The van der Waals surface area contributed by atoms with Crippen LogP contribution < -0.4 is 16.0 Å². The smallest absolute Gasteiger partial charge is 0.233 e. The fraction of sp³-hybridized carbons (Fsp3) is 0.357. The van der Waals surface area contributed by atoms with Crippen LogP contribution in [0.1, 0.15) is 18.9 Å². The number of aromatic nitrogens is 3. The van der Waals surface area contributed by atoms with Crippen molar-refractivity contribution in [3.8, 4) is 0 Å². The molecule has 1 heterocycles. The molecule has 0 aliphatic heterocycles. The molecule has 0 atom stereocenters. The first kappa shape index (κ1) is 14.0. The van der Waals surface area contributed by atoms with E-state index >= 15 is 0 Å². The molecule has 0 aliphatic carbocycles. The molecule has 6 heteroatoms. The Labute approximate surface area is 119 Å². The number of nitrogen functional groups attached to an aromatic ring is 1. The van der Waals surface area contributed by atoms with E-state index in [2.05, 4.69) is 39.3 Å². The molecule has 1 aromatic carbocycles.